The fraction of sp³-hybridized carbons (Fsp3) is 0.462. The van der Waals surface area contributed by atoms with E-state index in [9.17, 15) is 13.2 Å². The SMILES string of the molecule is CC(C)C[C@@H](N)C(=O)NCc1ccc(S(N)(=O)=O)cc1. The van der Waals surface area contributed by atoms with Crippen LogP contribution in [0.4, 0.5) is 0 Å². The lowest BCUT2D eigenvalue weighted by Gasteiger charge is -2.14. The molecule has 0 saturated heterocycles. The summed E-state index contributed by atoms with van der Waals surface area (Å²) in [5.74, 6) is 0.138. The molecular formula is C13H21N3O3S. The summed E-state index contributed by atoms with van der Waals surface area (Å²) in [5, 5.41) is 7.72. The lowest BCUT2D eigenvalue weighted by atomic mass is 10.0. The Morgan fingerprint density at radius 3 is 2.25 bits per heavy atom. The number of sulfonamides is 1. The van der Waals surface area contributed by atoms with E-state index in [1.807, 2.05) is 13.8 Å². The van der Waals surface area contributed by atoms with Gasteiger partial charge in [-0.05, 0) is 30.0 Å². The molecule has 0 bridgehead atoms. The highest BCUT2D eigenvalue weighted by molar-refractivity contribution is 7.89. The number of hydrogen-bond donors (Lipinski definition) is 3. The van der Waals surface area contributed by atoms with E-state index in [1.54, 1.807) is 12.1 Å². The molecule has 0 unspecified atom stereocenters. The van der Waals surface area contributed by atoms with Gasteiger partial charge in [0.25, 0.3) is 0 Å². The van der Waals surface area contributed by atoms with Gasteiger partial charge in [0.15, 0.2) is 0 Å². The molecule has 112 valence electrons. The first-order valence-corrected chi connectivity index (χ1v) is 7.90. The molecule has 6 nitrogen and oxygen atoms in total. The summed E-state index contributed by atoms with van der Waals surface area (Å²) in [4.78, 5) is 11.8. The third-order valence-corrected chi connectivity index (χ3v) is 3.71. The first kappa shape index (κ1) is 16.6. The van der Waals surface area contributed by atoms with Gasteiger partial charge in [0.05, 0.1) is 10.9 Å². The maximum absolute atomic E-state index is 11.7. The summed E-state index contributed by atoms with van der Waals surface area (Å²) in [5.41, 5.74) is 6.54. The molecule has 20 heavy (non-hydrogen) atoms. The zero-order chi connectivity index (χ0) is 15.3. The predicted molar refractivity (Wildman–Crippen MR) is 77.1 cm³/mol. The largest absolute Gasteiger partial charge is 0.351 e. The Balaban J connectivity index is 2.56. The van der Waals surface area contributed by atoms with Gasteiger partial charge < -0.3 is 11.1 Å². The van der Waals surface area contributed by atoms with Crippen molar-refractivity contribution in [3.8, 4) is 0 Å². The van der Waals surface area contributed by atoms with Crippen LogP contribution in [0.3, 0.4) is 0 Å². The van der Waals surface area contributed by atoms with Crippen LogP contribution in [0.2, 0.25) is 0 Å². The number of nitrogens with one attached hydrogen (secondary N) is 1. The number of hydrogen-bond acceptors (Lipinski definition) is 4. The van der Waals surface area contributed by atoms with Gasteiger partial charge >= 0.3 is 0 Å². The van der Waals surface area contributed by atoms with E-state index < -0.39 is 16.1 Å². The first-order valence-electron chi connectivity index (χ1n) is 6.35. The quantitative estimate of drug-likeness (QED) is 0.701. The summed E-state index contributed by atoms with van der Waals surface area (Å²) in [6.45, 7) is 4.30. The molecule has 0 aliphatic carbocycles. The highest BCUT2D eigenvalue weighted by Crippen LogP contribution is 2.09. The number of primary sulfonamides is 1. The van der Waals surface area contributed by atoms with Gasteiger partial charge in [0.1, 0.15) is 0 Å². The number of amides is 1. The van der Waals surface area contributed by atoms with Gasteiger partial charge in [0.2, 0.25) is 15.9 Å². The molecule has 1 aromatic carbocycles. The van der Waals surface area contributed by atoms with Crippen LogP contribution in [0, 0.1) is 5.92 Å². The van der Waals surface area contributed by atoms with Gasteiger partial charge in [-0.2, -0.15) is 0 Å². The molecule has 1 aromatic rings. The Labute approximate surface area is 119 Å². The molecule has 0 aliphatic heterocycles. The lowest BCUT2D eigenvalue weighted by molar-refractivity contribution is -0.122. The van der Waals surface area contributed by atoms with Crippen LogP contribution in [-0.4, -0.2) is 20.4 Å². The number of carbonyl (C=O) groups excluding carboxylic acids is 1. The average Bonchev–Trinajstić information content (AvgIpc) is 2.34. The third-order valence-electron chi connectivity index (χ3n) is 2.78. The molecule has 1 rings (SSSR count). The van der Waals surface area contributed by atoms with Crippen LogP contribution in [0.25, 0.3) is 0 Å². The highest BCUT2D eigenvalue weighted by atomic mass is 32.2. The van der Waals surface area contributed by atoms with Gasteiger partial charge in [-0.15, -0.1) is 0 Å². The van der Waals surface area contributed by atoms with Gasteiger partial charge in [-0.1, -0.05) is 26.0 Å². The van der Waals surface area contributed by atoms with Crippen LogP contribution in [0.5, 0.6) is 0 Å². The number of nitrogens with two attached hydrogens (primary N) is 2. The normalized spacial score (nSPS) is 13.2. The van der Waals surface area contributed by atoms with E-state index in [2.05, 4.69) is 5.32 Å². The fourth-order valence-corrected chi connectivity index (χ4v) is 2.25. The van der Waals surface area contributed by atoms with Crippen molar-refractivity contribution >= 4 is 15.9 Å². The van der Waals surface area contributed by atoms with Crippen molar-refractivity contribution in [2.45, 2.75) is 37.8 Å². The van der Waals surface area contributed by atoms with Gasteiger partial charge in [-0.25, -0.2) is 13.6 Å². The predicted octanol–water partition coefficient (Wildman–Crippen LogP) is 0.324. The highest BCUT2D eigenvalue weighted by Gasteiger charge is 2.14. The van der Waals surface area contributed by atoms with Crippen molar-refractivity contribution in [1.29, 1.82) is 0 Å². The van der Waals surface area contributed by atoms with Crippen LogP contribution in [0.15, 0.2) is 29.2 Å². The molecule has 0 saturated carbocycles. The van der Waals surface area contributed by atoms with Crippen LogP contribution in [0.1, 0.15) is 25.8 Å². The molecule has 7 heteroatoms. The summed E-state index contributed by atoms with van der Waals surface area (Å²) < 4.78 is 22.2. The van der Waals surface area contributed by atoms with E-state index in [-0.39, 0.29) is 10.8 Å². The minimum absolute atomic E-state index is 0.0454. The molecule has 0 radical (unpaired) electrons. The number of rotatable bonds is 6. The van der Waals surface area contributed by atoms with Crippen molar-refractivity contribution in [2.75, 3.05) is 0 Å². The van der Waals surface area contributed by atoms with E-state index >= 15 is 0 Å². The van der Waals surface area contributed by atoms with Crippen molar-refractivity contribution in [1.82, 2.24) is 5.32 Å². The molecule has 0 aromatic heterocycles. The Kier molecular flexibility index (Phi) is 5.67. The molecule has 0 heterocycles. The summed E-state index contributed by atoms with van der Waals surface area (Å²) in [6, 6.07) is 5.50. The Morgan fingerprint density at radius 1 is 1.25 bits per heavy atom. The second kappa shape index (κ2) is 6.83. The average molecular weight is 299 g/mol. The lowest BCUT2D eigenvalue weighted by Crippen LogP contribution is -2.41. The Bertz CT molecular complexity index is 553. The Morgan fingerprint density at radius 2 is 1.80 bits per heavy atom. The molecule has 0 spiro atoms. The van der Waals surface area contributed by atoms with E-state index in [1.165, 1.54) is 12.1 Å². The second-order valence-corrected chi connectivity index (χ2v) is 6.70. The fourth-order valence-electron chi connectivity index (χ4n) is 1.73. The molecule has 0 fully saturated rings. The zero-order valence-corrected chi connectivity index (χ0v) is 12.5. The van der Waals surface area contributed by atoms with Crippen molar-refractivity contribution in [3.05, 3.63) is 29.8 Å². The molecular weight excluding hydrogens is 278 g/mol. The second-order valence-electron chi connectivity index (χ2n) is 5.14. The number of benzene rings is 1. The summed E-state index contributed by atoms with van der Waals surface area (Å²) >= 11 is 0. The van der Waals surface area contributed by atoms with Gasteiger partial charge in [0, 0.05) is 6.54 Å². The molecule has 0 aliphatic rings. The monoisotopic (exact) mass is 299 g/mol. The maximum Gasteiger partial charge on any atom is 0.238 e. The standard InChI is InChI=1S/C13H21N3O3S/c1-9(2)7-12(14)13(17)16-8-10-3-5-11(6-4-10)20(15,18)19/h3-6,9,12H,7-8,14H2,1-2H3,(H,16,17)(H2,15,18,19)/t12-/m1/s1. The minimum atomic E-state index is -3.69. The molecule has 1 atom stereocenters. The van der Waals surface area contributed by atoms with Crippen molar-refractivity contribution in [2.24, 2.45) is 16.8 Å². The third kappa shape index (κ3) is 5.28. The van der Waals surface area contributed by atoms with Crippen LogP contribution in [-0.2, 0) is 21.4 Å². The van der Waals surface area contributed by atoms with E-state index in [4.69, 9.17) is 10.9 Å². The molecule has 5 N–H and O–H groups in total. The van der Waals surface area contributed by atoms with E-state index in [0.29, 0.717) is 18.9 Å². The maximum atomic E-state index is 11.7. The zero-order valence-electron chi connectivity index (χ0n) is 11.7. The minimum Gasteiger partial charge on any atom is -0.351 e. The smallest absolute Gasteiger partial charge is 0.238 e. The van der Waals surface area contributed by atoms with E-state index in [0.717, 1.165) is 5.56 Å². The summed E-state index contributed by atoms with van der Waals surface area (Å²) in [6.07, 6.45) is 0.621. The van der Waals surface area contributed by atoms with Crippen molar-refractivity contribution in [3.63, 3.8) is 0 Å². The molecule has 1 amide bonds. The number of carbonyl (C=O) groups is 1. The Hall–Kier alpha value is -1.44. The van der Waals surface area contributed by atoms with Crippen LogP contribution >= 0.6 is 0 Å². The van der Waals surface area contributed by atoms with Gasteiger partial charge in [-0.3, -0.25) is 4.79 Å². The van der Waals surface area contributed by atoms with Crippen molar-refractivity contribution < 1.29 is 13.2 Å². The first-order chi connectivity index (χ1) is 9.20. The summed E-state index contributed by atoms with van der Waals surface area (Å²) in [7, 11) is -3.69. The van der Waals surface area contributed by atoms with Crippen LogP contribution < -0.4 is 16.2 Å². The topological polar surface area (TPSA) is 115 Å².